The van der Waals surface area contributed by atoms with E-state index in [-0.39, 0.29) is 5.91 Å². The Kier molecular flexibility index (Phi) is 16.3. The van der Waals surface area contributed by atoms with E-state index in [4.69, 9.17) is 4.74 Å². The van der Waals surface area contributed by atoms with Crippen molar-refractivity contribution < 1.29 is 9.53 Å². The second-order valence-electron chi connectivity index (χ2n) is 6.07. The first kappa shape index (κ1) is 21.4. The molecule has 1 atom stereocenters. The maximum Gasteiger partial charge on any atom is 0.219 e. The lowest BCUT2D eigenvalue weighted by molar-refractivity contribution is -0.121. The van der Waals surface area contributed by atoms with Crippen LogP contribution in [0.4, 0.5) is 0 Å². The number of carbonyl (C=O) groups excluding carboxylic acids is 1. The predicted octanol–water partition coefficient (Wildman–Crippen LogP) is 3.85. The van der Waals surface area contributed by atoms with Crippen molar-refractivity contribution in [2.75, 3.05) is 26.4 Å². The highest BCUT2D eigenvalue weighted by atomic mass is 16.5. The van der Waals surface area contributed by atoms with Crippen LogP contribution in [-0.4, -0.2) is 32.3 Å². The first-order valence-corrected chi connectivity index (χ1v) is 9.29. The van der Waals surface area contributed by atoms with Gasteiger partial charge in [0, 0.05) is 19.5 Å². The minimum Gasteiger partial charge on any atom is -0.364 e. The molecule has 2 N–H and O–H groups in total. The Labute approximate surface area is 137 Å². The maximum absolute atomic E-state index is 11.1. The van der Waals surface area contributed by atoms with Crippen molar-refractivity contribution in [1.82, 2.24) is 10.6 Å². The van der Waals surface area contributed by atoms with Gasteiger partial charge in [0.2, 0.25) is 5.91 Å². The molecule has 0 aromatic rings. The molecule has 1 unspecified atom stereocenters. The first-order chi connectivity index (χ1) is 10.7. The summed E-state index contributed by atoms with van der Waals surface area (Å²) in [5.41, 5.74) is 0. The molecule has 0 aromatic heterocycles. The molecule has 4 nitrogen and oxygen atoms in total. The van der Waals surface area contributed by atoms with Crippen LogP contribution in [0.15, 0.2) is 0 Å². The zero-order valence-electron chi connectivity index (χ0n) is 15.1. The Hall–Kier alpha value is -0.610. The molecule has 0 aliphatic rings. The Balaban J connectivity index is 3.58. The summed E-state index contributed by atoms with van der Waals surface area (Å²) in [7, 11) is 0. The lowest BCUT2D eigenvalue weighted by Gasteiger charge is -2.17. The molecular formula is C18H38N2O2. The summed E-state index contributed by atoms with van der Waals surface area (Å²) < 4.78 is 5.50. The van der Waals surface area contributed by atoms with Crippen LogP contribution in [0.25, 0.3) is 0 Å². The van der Waals surface area contributed by atoms with Gasteiger partial charge in [0.15, 0.2) is 0 Å². The Morgan fingerprint density at radius 1 is 1.00 bits per heavy atom. The monoisotopic (exact) mass is 314 g/mol. The fourth-order valence-corrected chi connectivity index (χ4v) is 2.50. The molecule has 0 bridgehead atoms. The van der Waals surface area contributed by atoms with E-state index in [1.54, 1.807) is 0 Å². The van der Waals surface area contributed by atoms with Crippen molar-refractivity contribution in [3.05, 3.63) is 0 Å². The summed E-state index contributed by atoms with van der Waals surface area (Å²) in [5, 5.41) is 6.21. The zero-order valence-corrected chi connectivity index (χ0v) is 15.1. The summed E-state index contributed by atoms with van der Waals surface area (Å²) in [5.74, 6) is 0.864. The normalized spacial score (nSPS) is 12.3. The number of rotatable bonds is 16. The van der Waals surface area contributed by atoms with Gasteiger partial charge in [0.25, 0.3) is 0 Å². The van der Waals surface area contributed by atoms with E-state index in [2.05, 4.69) is 24.5 Å². The van der Waals surface area contributed by atoms with Gasteiger partial charge < -0.3 is 10.1 Å². The van der Waals surface area contributed by atoms with Crippen LogP contribution in [0, 0.1) is 5.92 Å². The molecule has 0 aliphatic carbocycles. The molecule has 0 aromatic carbocycles. The lowest BCUT2D eigenvalue weighted by Crippen LogP contribution is -2.30. The van der Waals surface area contributed by atoms with E-state index in [1.807, 2.05) is 6.92 Å². The summed E-state index contributed by atoms with van der Waals surface area (Å²) in [6.45, 7) is 9.19. The third-order valence-corrected chi connectivity index (χ3v) is 3.96. The number of hydrogen-bond acceptors (Lipinski definition) is 3. The lowest BCUT2D eigenvalue weighted by atomic mass is 9.95. The molecular weight excluding hydrogens is 276 g/mol. The van der Waals surface area contributed by atoms with E-state index in [1.165, 1.54) is 51.4 Å². The minimum atomic E-state index is 0.0864. The molecule has 0 heterocycles. The SMILES string of the molecule is CCCCCCC(CCCC)CNCOCCNC(=O)CC. The van der Waals surface area contributed by atoms with Gasteiger partial charge in [-0.25, -0.2) is 0 Å². The van der Waals surface area contributed by atoms with E-state index < -0.39 is 0 Å². The number of ether oxygens (including phenoxy) is 1. The summed E-state index contributed by atoms with van der Waals surface area (Å²) in [6, 6.07) is 0. The average molecular weight is 315 g/mol. The van der Waals surface area contributed by atoms with Gasteiger partial charge in [-0.15, -0.1) is 0 Å². The summed E-state index contributed by atoms with van der Waals surface area (Å²) in [4.78, 5) is 11.1. The van der Waals surface area contributed by atoms with Gasteiger partial charge in [0.05, 0.1) is 13.3 Å². The Bertz CT molecular complexity index is 247. The van der Waals surface area contributed by atoms with Crippen molar-refractivity contribution in [2.45, 2.75) is 78.6 Å². The molecule has 22 heavy (non-hydrogen) atoms. The molecule has 0 saturated carbocycles. The van der Waals surface area contributed by atoms with Crippen LogP contribution < -0.4 is 10.6 Å². The van der Waals surface area contributed by atoms with Crippen LogP contribution in [0.3, 0.4) is 0 Å². The van der Waals surface area contributed by atoms with Gasteiger partial charge in [-0.05, 0) is 18.8 Å². The van der Waals surface area contributed by atoms with Crippen molar-refractivity contribution >= 4 is 5.91 Å². The fraction of sp³-hybridized carbons (Fsp3) is 0.944. The van der Waals surface area contributed by atoms with E-state index >= 15 is 0 Å². The maximum atomic E-state index is 11.1. The average Bonchev–Trinajstić information content (AvgIpc) is 2.54. The number of unbranched alkanes of at least 4 members (excludes halogenated alkanes) is 4. The zero-order chi connectivity index (χ0) is 16.5. The number of hydrogen-bond donors (Lipinski definition) is 2. The number of nitrogens with one attached hydrogen (secondary N) is 2. The third kappa shape index (κ3) is 14.3. The topological polar surface area (TPSA) is 50.4 Å². The molecule has 1 amide bonds. The molecule has 0 aliphatic heterocycles. The third-order valence-electron chi connectivity index (χ3n) is 3.96. The summed E-state index contributed by atoms with van der Waals surface area (Å²) >= 11 is 0. The van der Waals surface area contributed by atoms with Crippen LogP contribution in [-0.2, 0) is 9.53 Å². The second-order valence-corrected chi connectivity index (χ2v) is 6.07. The van der Waals surface area contributed by atoms with Gasteiger partial charge in [-0.1, -0.05) is 59.3 Å². The highest BCUT2D eigenvalue weighted by molar-refractivity contribution is 5.75. The standard InChI is InChI=1S/C18H38N2O2/c1-4-7-9-10-12-17(11-8-5-2)15-19-16-22-14-13-20-18(21)6-3/h17,19H,4-16H2,1-3H3,(H,20,21). The molecule has 0 fully saturated rings. The van der Waals surface area contributed by atoms with E-state index in [0.717, 1.165) is 12.5 Å². The van der Waals surface area contributed by atoms with Crippen molar-refractivity contribution in [3.8, 4) is 0 Å². The van der Waals surface area contributed by atoms with Crippen LogP contribution >= 0.6 is 0 Å². The molecule has 0 saturated heterocycles. The van der Waals surface area contributed by atoms with Crippen LogP contribution in [0.5, 0.6) is 0 Å². The Morgan fingerprint density at radius 2 is 1.73 bits per heavy atom. The predicted molar refractivity (Wildman–Crippen MR) is 93.9 cm³/mol. The molecule has 0 radical (unpaired) electrons. The van der Waals surface area contributed by atoms with Gasteiger partial charge in [0.1, 0.15) is 0 Å². The van der Waals surface area contributed by atoms with Crippen LogP contribution in [0.1, 0.15) is 78.6 Å². The Morgan fingerprint density at radius 3 is 2.41 bits per heavy atom. The summed E-state index contributed by atoms with van der Waals surface area (Å²) in [6.07, 6.45) is 11.2. The fourth-order valence-electron chi connectivity index (χ4n) is 2.50. The minimum absolute atomic E-state index is 0.0864. The second kappa shape index (κ2) is 16.8. The highest BCUT2D eigenvalue weighted by Gasteiger charge is 2.07. The molecule has 132 valence electrons. The highest BCUT2D eigenvalue weighted by Crippen LogP contribution is 2.16. The smallest absolute Gasteiger partial charge is 0.219 e. The van der Waals surface area contributed by atoms with Gasteiger partial charge >= 0.3 is 0 Å². The van der Waals surface area contributed by atoms with Gasteiger partial charge in [-0.3, -0.25) is 10.1 Å². The largest absolute Gasteiger partial charge is 0.364 e. The first-order valence-electron chi connectivity index (χ1n) is 9.29. The van der Waals surface area contributed by atoms with Crippen molar-refractivity contribution in [2.24, 2.45) is 5.92 Å². The van der Waals surface area contributed by atoms with Crippen molar-refractivity contribution in [3.63, 3.8) is 0 Å². The molecule has 0 rings (SSSR count). The molecule has 4 heteroatoms. The van der Waals surface area contributed by atoms with Crippen molar-refractivity contribution in [1.29, 1.82) is 0 Å². The quantitative estimate of drug-likeness (QED) is 0.336. The van der Waals surface area contributed by atoms with E-state index in [9.17, 15) is 4.79 Å². The van der Waals surface area contributed by atoms with E-state index in [0.29, 0.717) is 26.3 Å². The number of amides is 1. The molecule has 0 spiro atoms. The van der Waals surface area contributed by atoms with Crippen LogP contribution in [0.2, 0.25) is 0 Å². The number of carbonyl (C=O) groups is 1. The van der Waals surface area contributed by atoms with Gasteiger partial charge in [-0.2, -0.15) is 0 Å².